The number of aryl methyl sites for hydroxylation is 1. The molecule has 0 atom stereocenters. The summed E-state index contributed by atoms with van der Waals surface area (Å²) in [4.78, 5) is 22.5. The van der Waals surface area contributed by atoms with Crippen molar-refractivity contribution >= 4 is 37.0 Å². The first-order valence-electron chi connectivity index (χ1n) is 11.1. The second-order valence-electron chi connectivity index (χ2n) is 9.32. The van der Waals surface area contributed by atoms with Crippen molar-refractivity contribution in [3.63, 3.8) is 0 Å². The molecule has 0 bridgehead atoms. The van der Waals surface area contributed by atoms with Gasteiger partial charge in [-0.25, -0.2) is 4.98 Å². The Balaban J connectivity index is 1.55. The average molecular weight is 440 g/mol. The maximum Gasteiger partial charge on any atom is 0.258 e. The lowest BCUT2D eigenvalue weighted by Crippen LogP contribution is -2.43. The van der Waals surface area contributed by atoms with Crippen LogP contribution in [0.1, 0.15) is 15.9 Å². The molecule has 167 valence electrons. The molecule has 0 unspecified atom stereocenters. The van der Waals surface area contributed by atoms with Gasteiger partial charge in [-0.05, 0) is 49.8 Å². The molecule has 2 aromatic rings. The third kappa shape index (κ3) is 5.02. The van der Waals surface area contributed by atoms with Gasteiger partial charge in [0.2, 0.25) is 0 Å². The molecular formula is C23H33N5O2Si-. The van der Waals surface area contributed by atoms with Crippen LogP contribution in [0.5, 0.6) is 0 Å². The summed E-state index contributed by atoms with van der Waals surface area (Å²) in [5, 5.41) is 3.01. The summed E-state index contributed by atoms with van der Waals surface area (Å²) in [6.45, 7) is 11.9. The molecule has 1 aromatic carbocycles. The van der Waals surface area contributed by atoms with E-state index in [2.05, 4.69) is 28.2 Å². The van der Waals surface area contributed by atoms with Gasteiger partial charge in [0, 0.05) is 18.8 Å². The van der Waals surface area contributed by atoms with Crippen molar-refractivity contribution in [1.82, 2.24) is 4.98 Å². The van der Waals surface area contributed by atoms with Crippen LogP contribution in [0.4, 0.5) is 23.0 Å². The number of rotatable bonds is 4. The summed E-state index contributed by atoms with van der Waals surface area (Å²) in [6, 6.07) is 11.9. The number of carbonyl (C=O) groups excluding carboxylic acids is 1. The number of hydrogen-bond acceptors (Lipinski definition) is 6. The summed E-state index contributed by atoms with van der Waals surface area (Å²) >= 11 is 0. The van der Waals surface area contributed by atoms with Crippen LogP contribution in [0.3, 0.4) is 0 Å². The lowest BCUT2D eigenvalue weighted by atomic mass is 10.1. The highest BCUT2D eigenvalue weighted by Crippen LogP contribution is 2.31. The van der Waals surface area contributed by atoms with E-state index in [-0.39, 0.29) is 5.91 Å². The van der Waals surface area contributed by atoms with Gasteiger partial charge in [0.25, 0.3) is 5.91 Å². The lowest BCUT2D eigenvalue weighted by molar-refractivity contribution is 0.102. The number of benzene rings is 1. The van der Waals surface area contributed by atoms with Crippen LogP contribution in [0.15, 0.2) is 30.3 Å². The third-order valence-electron chi connectivity index (χ3n) is 6.35. The molecular weight excluding hydrogens is 406 g/mol. The van der Waals surface area contributed by atoms with E-state index < -0.39 is 8.07 Å². The van der Waals surface area contributed by atoms with E-state index in [1.807, 2.05) is 31.2 Å². The van der Waals surface area contributed by atoms with E-state index in [1.54, 1.807) is 6.07 Å². The zero-order chi connectivity index (χ0) is 22.0. The van der Waals surface area contributed by atoms with Crippen molar-refractivity contribution in [2.45, 2.75) is 32.1 Å². The van der Waals surface area contributed by atoms with Gasteiger partial charge in [0.05, 0.1) is 24.5 Å². The predicted octanol–water partition coefficient (Wildman–Crippen LogP) is 3.59. The second kappa shape index (κ2) is 8.88. The Morgan fingerprint density at radius 3 is 2.48 bits per heavy atom. The van der Waals surface area contributed by atoms with E-state index >= 15 is 0 Å². The van der Waals surface area contributed by atoms with Crippen LogP contribution < -0.4 is 20.9 Å². The Morgan fingerprint density at radius 1 is 1.06 bits per heavy atom. The number of aromatic nitrogens is 1. The van der Waals surface area contributed by atoms with Gasteiger partial charge in [0.1, 0.15) is 11.6 Å². The summed E-state index contributed by atoms with van der Waals surface area (Å²) in [5.74, 6) is 1.32. The van der Waals surface area contributed by atoms with Crippen molar-refractivity contribution in [1.29, 1.82) is 0 Å². The van der Waals surface area contributed by atoms with Gasteiger partial charge < -0.3 is 25.6 Å². The maximum absolute atomic E-state index is 13.2. The van der Waals surface area contributed by atoms with E-state index in [9.17, 15) is 4.79 Å². The Hall–Kier alpha value is -2.58. The molecule has 1 aromatic heterocycles. The van der Waals surface area contributed by atoms with E-state index in [0.29, 0.717) is 30.3 Å². The fraction of sp³-hybridized carbons (Fsp3) is 0.478. The largest absolute Gasteiger partial charge is 0.399 e. The van der Waals surface area contributed by atoms with Crippen molar-refractivity contribution < 1.29 is 9.53 Å². The highest BCUT2D eigenvalue weighted by Gasteiger charge is 2.23. The Morgan fingerprint density at radius 2 is 1.77 bits per heavy atom. The molecule has 2 aliphatic heterocycles. The number of hydrogen-bond donors (Lipinski definition) is 2. The van der Waals surface area contributed by atoms with E-state index in [4.69, 9.17) is 15.5 Å². The number of nitrogen functional groups attached to an aromatic ring is 1. The van der Waals surface area contributed by atoms with E-state index in [0.717, 1.165) is 43.2 Å². The Kier molecular flexibility index (Phi) is 6.20. The van der Waals surface area contributed by atoms with Crippen LogP contribution in [-0.2, 0) is 4.74 Å². The van der Waals surface area contributed by atoms with Crippen molar-refractivity contribution in [2.24, 2.45) is 0 Å². The fourth-order valence-electron chi connectivity index (χ4n) is 4.22. The Labute approximate surface area is 185 Å². The zero-order valence-corrected chi connectivity index (χ0v) is 19.8. The molecule has 0 saturated carbocycles. The van der Waals surface area contributed by atoms with Gasteiger partial charge in [-0.1, -0.05) is 6.07 Å². The summed E-state index contributed by atoms with van der Waals surface area (Å²) in [5.41, 5.74) is 9.41. The number of pyridine rings is 1. The molecule has 2 fully saturated rings. The fourth-order valence-corrected chi connectivity index (χ4v) is 6.22. The smallest absolute Gasteiger partial charge is 0.258 e. The number of nitrogens with one attached hydrogen (secondary N) is 1. The molecule has 1 amide bonds. The minimum Gasteiger partial charge on any atom is -0.399 e. The number of amides is 1. The number of nitrogens with zero attached hydrogens (tertiary/aromatic N) is 3. The third-order valence-corrected chi connectivity index (χ3v) is 9.50. The molecule has 2 saturated heterocycles. The Bertz CT molecular complexity index is 949. The molecule has 8 heteroatoms. The first-order valence-corrected chi connectivity index (χ1v) is 14.5. The minimum absolute atomic E-state index is 0.152. The number of nitrogens with two attached hydrogens (primary N) is 1. The number of anilines is 4. The second-order valence-corrected chi connectivity index (χ2v) is 14.6. The van der Waals surface area contributed by atoms with E-state index in [1.165, 1.54) is 12.1 Å². The zero-order valence-electron chi connectivity index (χ0n) is 18.8. The monoisotopic (exact) mass is 439 g/mol. The van der Waals surface area contributed by atoms with Gasteiger partial charge in [-0.2, -0.15) is 13.1 Å². The number of ether oxygens (including phenoxy) is 1. The molecule has 0 spiro atoms. The highest BCUT2D eigenvalue weighted by molar-refractivity contribution is 6.77. The standard InChI is InChI=1S/C23H33N5O2Si/c1-17-4-7-21(25-22(17)28-8-12-30-13-9-28)26-23(29)19-6-5-18(24)16-20(19)27-10-14-31(2,3)15-11-27/h4-7,16H,8-15,24H2,1-3H3,(H,25,26,29)/q-1. The molecule has 3 heterocycles. The number of carbonyl (C=O) groups is 1. The normalized spacial score (nSPS) is 18.7. The highest BCUT2D eigenvalue weighted by atomic mass is 28.3. The van der Waals surface area contributed by atoms with Gasteiger partial charge in [-0.15, -0.1) is 20.2 Å². The summed E-state index contributed by atoms with van der Waals surface area (Å²) < 4.78 is 5.46. The molecule has 0 aliphatic carbocycles. The van der Waals surface area contributed by atoms with Crippen LogP contribution >= 0.6 is 0 Å². The van der Waals surface area contributed by atoms with Gasteiger partial charge in [0.15, 0.2) is 0 Å². The van der Waals surface area contributed by atoms with Gasteiger partial charge in [-0.3, -0.25) is 4.79 Å². The summed E-state index contributed by atoms with van der Waals surface area (Å²) in [7, 11) is -1.11. The molecule has 2 aliphatic rings. The van der Waals surface area contributed by atoms with Crippen molar-refractivity contribution in [2.75, 3.05) is 60.2 Å². The number of morpholine rings is 1. The average Bonchev–Trinajstić information content (AvgIpc) is 2.75. The topological polar surface area (TPSA) is 83.7 Å². The van der Waals surface area contributed by atoms with Crippen molar-refractivity contribution in [3.8, 4) is 0 Å². The molecule has 31 heavy (non-hydrogen) atoms. The minimum atomic E-state index is -1.11. The van der Waals surface area contributed by atoms with Gasteiger partial charge >= 0.3 is 0 Å². The predicted molar refractivity (Wildman–Crippen MR) is 130 cm³/mol. The molecule has 0 radical (unpaired) electrons. The van der Waals surface area contributed by atoms with Crippen LogP contribution in [0.25, 0.3) is 0 Å². The molecule has 7 nitrogen and oxygen atoms in total. The molecule has 4 rings (SSSR count). The van der Waals surface area contributed by atoms with Crippen LogP contribution in [0.2, 0.25) is 25.2 Å². The van der Waals surface area contributed by atoms with Crippen LogP contribution in [-0.4, -0.2) is 58.4 Å². The first kappa shape index (κ1) is 21.6. The summed E-state index contributed by atoms with van der Waals surface area (Å²) in [6.07, 6.45) is 0. The maximum atomic E-state index is 13.2. The SMILES string of the molecule is Cc1ccc(NC(=O)c2ccc(N)cc2N2CC[Si-](C)(C)CC2)nc1N1CCOCC1. The van der Waals surface area contributed by atoms with Crippen molar-refractivity contribution in [3.05, 3.63) is 41.5 Å². The quantitative estimate of drug-likeness (QED) is 0.560. The lowest BCUT2D eigenvalue weighted by Gasteiger charge is -2.45. The van der Waals surface area contributed by atoms with Crippen LogP contribution in [0, 0.1) is 6.92 Å². The first-order chi connectivity index (χ1) is 14.8. The molecule has 3 N–H and O–H groups in total.